The van der Waals surface area contributed by atoms with Gasteiger partial charge in [0.2, 0.25) is 0 Å². The standard InChI is InChI=1S/C12H10N2S2/c1-7-5-9-10(13)11-8(3-2-4-14-11)6-15-12(9)16-7/h2-6H,13H2,1H3. The van der Waals surface area contributed by atoms with E-state index in [2.05, 4.69) is 23.4 Å². The lowest BCUT2D eigenvalue weighted by atomic mass is 10.2. The number of thiophene rings is 1. The van der Waals surface area contributed by atoms with Crippen LogP contribution in [0.1, 0.15) is 10.4 Å². The Morgan fingerprint density at radius 1 is 1.38 bits per heavy atom. The highest BCUT2D eigenvalue weighted by Gasteiger charge is 2.13. The minimum atomic E-state index is 0.788. The first-order chi connectivity index (χ1) is 7.75. The van der Waals surface area contributed by atoms with E-state index in [0.29, 0.717) is 0 Å². The monoisotopic (exact) mass is 246 g/mol. The summed E-state index contributed by atoms with van der Waals surface area (Å²) in [6.07, 6.45) is 1.79. The van der Waals surface area contributed by atoms with Crippen molar-refractivity contribution in [3.05, 3.63) is 45.4 Å². The molecule has 0 aromatic carbocycles. The van der Waals surface area contributed by atoms with Gasteiger partial charge in [0.05, 0.1) is 15.3 Å². The molecule has 0 amide bonds. The van der Waals surface area contributed by atoms with Crippen molar-refractivity contribution < 1.29 is 0 Å². The number of thioether (sulfide) groups is 1. The Labute approximate surface area is 102 Å². The first-order valence-electron chi connectivity index (χ1n) is 4.94. The summed E-state index contributed by atoms with van der Waals surface area (Å²) < 4.78 is 1.26. The average molecular weight is 246 g/mol. The van der Waals surface area contributed by atoms with Gasteiger partial charge in [-0.2, -0.15) is 0 Å². The van der Waals surface area contributed by atoms with Gasteiger partial charge in [-0.15, -0.1) is 11.3 Å². The summed E-state index contributed by atoms with van der Waals surface area (Å²) in [7, 11) is 0. The van der Waals surface area contributed by atoms with Gasteiger partial charge in [0.1, 0.15) is 0 Å². The summed E-state index contributed by atoms with van der Waals surface area (Å²) in [5.41, 5.74) is 8.11. The number of rotatable bonds is 0. The third-order valence-corrected chi connectivity index (χ3v) is 4.69. The van der Waals surface area contributed by atoms with Crippen LogP contribution in [0.15, 0.2) is 28.6 Å². The molecule has 2 N–H and O–H groups in total. The second-order valence-electron chi connectivity index (χ2n) is 3.65. The van der Waals surface area contributed by atoms with Gasteiger partial charge >= 0.3 is 0 Å². The van der Waals surface area contributed by atoms with E-state index in [1.54, 1.807) is 29.3 Å². The van der Waals surface area contributed by atoms with E-state index >= 15 is 0 Å². The molecule has 16 heavy (non-hydrogen) atoms. The fourth-order valence-corrected chi connectivity index (χ4v) is 3.95. The molecular weight excluding hydrogens is 236 g/mol. The molecule has 0 saturated carbocycles. The zero-order valence-corrected chi connectivity index (χ0v) is 10.4. The molecule has 2 aromatic rings. The maximum Gasteiger partial charge on any atom is 0.0943 e. The lowest BCUT2D eigenvalue weighted by Gasteiger charge is -1.98. The van der Waals surface area contributed by atoms with E-state index < -0.39 is 0 Å². The topological polar surface area (TPSA) is 38.9 Å². The zero-order chi connectivity index (χ0) is 11.1. The Morgan fingerprint density at radius 3 is 3.12 bits per heavy atom. The van der Waals surface area contributed by atoms with Crippen molar-refractivity contribution in [2.75, 3.05) is 0 Å². The third kappa shape index (κ3) is 1.45. The zero-order valence-electron chi connectivity index (χ0n) is 8.73. The maximum atomic E-state index is 6.20. The van der Waals surface area contributed by atoms with Crippen molar-refractivity contribution in [1.29, 1.82) is 0 Å². The highest BCUT2D eigenvalue weighted by Crippen LogP contribution is 2.35. The number of aryl methyl sites for hydroxylation is 1. The molecule has 0 atom stereocenters. The predicted octanol–water partition coefficient (Wildman–Crippen LogP) is 1.41. The van der Waals surface area contributed by atoms with Crippen LogP contribution in [0, 0.1) is 6.92 Å². The highest BCUT2D eigenvalue weighted by molar-refractivity contribution is 8.08. The Kier molecular flexibility index (Phi) is 2.26. The first-order valence-corrected chi connectivity index (χ1v) is 6.64. The lowest BCUT2D eigenvalue weighted by molar-refractivity contribution is 1.19. The van der Waals surface area contributed by atoms with Crippen LogP contribution in [0.2, 0.25) is 0 Å². The number of nitrogens with two attached hydrogens (primary N) is 1. The molecule has 0 unspecified atom stereocenters. The molecule has 2 nitrogen and oxygen atoms in total. The number of nitrogens with zero attached hydrogens (tertiary/aromatic N) is 1. The van der Waals surface area contributed by atoms with E-state index in [1.165, 1.54) is 9.09 Å². The second kappa shape index (κ2) is 3.64. The van der Waals surface area contributed by atoms with Gasteiger partial charge < -0.3 is 5.73 Å². The van der Waals surface area contributed by atoms with Crippen LogP contribution in [0.3, 0.4) is 0 Å². The van der Waals surface area contributed by atoms with Crippen molar-refractivity contribution in [3.63, 3.8) is 0 Å². The summed E-state index contributed by atoms with van der Waals surface area (Å²) in [6, 6.07) is 6.12. The van der Waals surface area contributed by atoms with Crippen molar-refractivity contribution in [1.82, 2.24) is 4.98 Å². The molecule has 3 heterocycles. The van der Waals surface area contributed by atoms with Crippen LogP contribution in [0.25, 0.3) is 11.1 Å². The molecule has 3 rings (SSSR count). The Balaban J connectivity index is 2.43. The van der Waals surface area contributed by atoms with Crippen molar-refractivity contribution in [2.45, 2.75) is 11.1 Å². The molecule has 80 valence electrons. The van der Waals surface area contributed by atoms with E-state index in [4.69, 9.17) is 5.73 Å². The predicted molar refractivity (Wildman–Crippen MR) is 69.6 cm³/mol. The van der Waals surface area contributed by atoms with Crippen LogP contribution >= 0.6 is 23.1 Å². The molecule has 0 fully saturated rings. The smallest absolute Gasteiger partial charge is 0.0943 e. The quantitative estimate of drug-likeness (QED) is 0.764. The summed E-state index contributed by atoms with van der Waals surface area (Å²) in [5, 5.41) is 4.12. The molecule has 1 aliphatic rings. The van der Waals surface area contributed by atoms with Gasteiger partial charge in [-0.05, 0) is 24.5 Å². The molecule has 0 bridgehead atoms. The second-order valence-corrected chi connectivity index (χ2v) is 6.04. The van der Waals surface area contributed by atoms with Gasteiger partial charge in [-0.25, -0.2) is 0 Å². The molecule has 2 aromatic heterocycles. The van der Waals surface area contributed by atoms with Crippen LogP contribution in [0.4, 0.5) is 0 Å². The van der Waals surface area contributed by atoms with Crippen LogP contribution < -0.4 is 16.3 Å². The number of hydrogen-bond acceptors (Lipinski definition) is 4. The van der Waals surface area contributed by atoms with E-state index in [0.717, 1.165) is 21.8 Å². The van der Waals surface area contributed by atoms with Crippen molar-refractivity contribution in [2.24, 2.45) is 5.73 Å². The highest BCUT2D eigenvalue weighted by atomic mass is 32.2. The average Bonchev–Trinajstić information content (AvgIpc) is 2.62. The van der Waals surface area contributed by atoms with E-state index in [1.807, 2.05) is 12.1 Å². The molecule has 0 saturated heterocycles. The number of pyridine rings is 1. The summed E-state index contributed by atoms with van der Waals surface area (Å²) in [5.74, 6) is 0. The summed E-state index contributed by atoms with van der Waals surface area (Å²) in [6.45, 7) is 2.10. The van der Waals surface area contributed by atoms with E-state index in [-0.39, 0.29) is 0 Å². The minimum Gasteiger partial charge on any atom is -0.396 e. The van der Waals surface area contributed by atoms with Gasteiger partial charge in [0, 0.05) is 21.9 Å². The first kappa shape index (κ1) is 9.93. The van der Waals surface area contributed by atoms with Crippen molar-refractivity contribution in [3.8, 4) is 0 Å². The molecule has 4 heteroatoms. The number of hydrogen-bond donors (Lipinski definition) is 1. The van der Waals surface area contributed by atoms with Crippen LogP contribution in [-0.2, 0) is 0 Å². The van der Waals surface area contributed by atoms with Crippen LogP contribution in [0.5, 0.6) is 0 Å². The summed E-state index contributed by atoms with van der Waals surface area (Å²) in [4.78, 5) is 5.65. The molecular formula is C12H10N2S2. The summed E-state index contributed by atoms with van der Waals surface area (Å²) >= 11 is 3.51. The maximum absolute atomic E-state index is 6.20. The fraction of sp³-hybridized carbons (Fsp3) is 0.0833. The molecule has 1 aliphatic heterocycles. The largest absolute Gasteiger partial charge is 0.396 e. The van der Waals surface area contributed by atoms with Crippen molar-refractivity contribution >= 4 is 34.2 Å². The number of aromatic nitrogens is 1. The molecule has 0 aliphatic carbocycles. The Bertz CT molecular complexity index is 671. The number of fused-ring (bicyclic) bond motifs is 2. The van der Waals surface area contributed by atoms with Gasteiger partial charge in [0.25, 0.3) is 0 Å². The van der Waals surface area contributed by atoms with Crippen LogP contribution in [-0.4, -0.2) is 4.98 Å². The minimum absolute atomic E-state index is 0.788. The van der Waals surface area contributed by atoms with E-state index in [9.17, 15) is 0 Å². The van der Waals surface area contributed by atoms with Gasteiger partial charge in [0.15, 0.2) is 0 Å². The SMILES string of the molecule is Cc1cc2c(s1)SC=c1cccnc1=C2N. The van der Waals surface area contributed by atoms with Gasteiger partial charge in [-0.3, -0.25) is 4.98 Å². The molecule has 0 radical (unpaired) electrons. The van der Waals surface area contributed by atoms with Gasteiger partial charge in [-0.1, -0.05) is 17.8 Å². The lowest BCUT2D eigenvalue weighted by Crippen LogP contribution is -2.31. The fourth-order valence-electron chi connectivity index (χ4n) is 1.75. The normalized spacial score (nSPS) is 13.7. The Hall–Kier alpha value is -1.26. The Morgan fingerprint density at radius 2 is 2.25 bits per heavy atom. The third-order valence-electron chi connectivity index (χ3n) is 2.50. The molecule has 0 spiro atoms.